The highest BCUT2D eigenvalue weighted by Gasteiger charge is 2.24. The first-order valence-corrected chi connectivity index (χ1v) is 14.4. The zero-order valence-electron chi connectivity index (χ0n) is 25.5. The molecule has 1 aromatic heterocycles. The molecule has 6 aromatic rings. The van der Waals surface area contributed by atoms with Crippen molar-refractivity contribution < 1.29 is 0 Å². The van der Waals surface area contributed by atoms with Crippen LogP contribution >= 0.6 is 0 Å². The Balaban J connectivity index is 1.83. The Morgan fingerprint density at radius 1 is 0.467 bits per heavy atom. The molecule has 0 amide bonds. The third-order valence-electron chi connectivity index (χ3n) is 8.65. The molecule has 190 valence electrons. The monoisotopic (exact) mass is 551 g/mol. The van der Waals surface area contributed by atoms with E-state index in [0.29, 0.717) is 22.3 Å². The number of fused-ring (bicyclic) bond motifs is 3. The minimum atomic E-state index is -0.185. The molecule has 0 unspecified atom stereocenters. The van der Waals surface area contributed by atoms with Gasteiger partial charge in [0.1, 0.15) is 78.5 Å². The van der Waals surface area contributed by atoms with E-state index < -0.39 is 0 Å². The minimum Gasteiger partial charge on any atom is -0.309 e. The largest absolute Gasteiger partial charge is 0.309 e. The number of para-hydroxylation sites is 2. The molecule has 0 saturated heterocycles. The van der Waals surface area contributed by atoms with Gasteiger partial charge in [0, 0.05) is 16.5 Å². The van der Waals surface area contributed by atoms with Gasteiger partial charge in [-0.2, -0.15) is 0 Å². The van der Waals surface area contributed by atoms with Crippen LogP contribution in [0.2, 0.25) is 0 Å². The lowest BCUT2D eigenvalue weighted by Gasteiger charge is -2.26. The van der Waals surface area contributed by atoms with Crippen LogP contribution in [0.4, 0.5) is 0 Å². The second-order valence-electron chi connectivity index (χ2n) is 12.5. The van der Waals surface area contributed by atoms with Crippen molar-refractivity contribution in [2.24, 2.45) is 0 Å². The molecule has 5 aromatic carbocycles. The maximum absolute atomic E-state index is 6.58. The third kappa shape index (κ3) is 4.84. The molecule has 45 heavy (non-hydrogen) atoms. The zero-order chi connectivity index (χ0) is 32.7. The second kappa shape index (κ2) is 11.1. The van der Waals surface area contributed by atoms with E-state index in [1.165, 1.54) is 0 Å². The summed E-state index contributed by atoms with van der Waals surface area (Å²) < 4.78 is 2.21. The standard InChI is InChI=1S/C34H19B10N/c1-34(2,3)19-9-6-8-18-17-7-4-5-10-20(17)45(33(18)19)16-12-14(21-23(35)27(39)31(43)28(40)24(21)36)11-15(13-16)22-25(37)29(41)32(44)30(42)26(22)38/h4-13H,1-3H3. The Morgan fingerprint density at radius 2 is 0.889 bits per heavy atom. The van der Waals surface area contributed by atoms with E-state index in [2.05, 4.69) is 55.7 Å². The minimum absolute atomic E-state index is 0.120. The molecular formula is C34H19B10N. The van der Waals surface area contributed by atoms with E-state index in [1.54, 1.807) is 0 Å². The summed E-state index contributed by atoms with van der Waals surface area (Å²) in [4.78, 5) is 0. The number of hydrogen-bond donors (Lipinski definition) is 0. The van der Waals surface area contributed by atoms with E-state index >= 15 is 0 Å². The first-order valence-electron chi connectivity index (χ1n) is 14.4. The first-order chi connectivity index (χ1) is 21.1. The van der Waals surface area contributed by atoms with Gasteiger partial charge in [-0.3, -0.25) is 0 Å². The van der Waals surface area contributed by atoms with Gasteiger partial charge in [-0.05, 0) is 57.5 Å². The van der Waals surface area contributed by atoms with Gasteiger partial charge in [-0.1, -0.05) is 79.0 Å². The molecule has 0 fully saturated rings. The van der Waals surface area contributed by atoms with Crippen molar-refractivity contribution in [1.29, 1.82) is 0 Å². The van der Waals surface area contributed by atoms with E-state index in [0.717, 1.165) is 33.1 Å². The first kappa shape index (κ1) is 31.5. The Kier molecular flexibility index (Phi) is 7.79. The average molecular weight is 550 g/mol. The Bertz CT molecular complexity index is 2060. The van der Waals surface area contributed by atoms with Crippen LogP contribution in [0.1, 0.15) is 26.3 Å². The predicted octanol–water partition coefficient (Wildman–Crippen LogP) is -2.65. The Labute approximate surface area is 278 Å². The lowest BCUT2D eigenvalue weighted by molar-refractivity contribution is 0.594. The highest BCUT2D eigenvalue weighted by Crippen LogP contribution is 2.39. The van der Waals surface area contributed by atoms with Gasteiger partial charge < -0.3 is 4.57 Å². The molecule has 20 radical (unpaired) electrons. The van der Waals surface area contributed by atoms with Crippen molar-refractivity contribution in [3.63, 3.8) is 0 Å². The number of rotatable bonds is 3. The fraction of sp³-hybridized carbons (Fsp3) is 0.118. The molecule has 0 spiro atoms. The van der Waals surface area contributed by atoms with Crippen molar-refractivity contribution in [3.05, 3.63) is 66.2 Å². The summed E-state index contributed by atoms with van der Waals surface area (Å²) in [7, 11) is 63.9. The molecule has 0 aliphatic rings. The highest BCUT2D eigenvalue weighted by atomic mass is 15.0. The number of benzene rings is 5. The van der Waals surface area contributed by atoms with Gasteiger partial charge in [0.15, 0.2) is 0 Å². The summed E-state index contributed by atoms with van der Waals surface area (Å²) >= 11 is 0. The smallest absolute Gasteiger partial charge is 0.113 e. The second-order valence-corrected chi connectivity index (χ2v) is 12.5. The van der Waals surface area contributed by atoms with Gasteiger partial charge in [0.2, 0.25) is 0 Å². The molecule has 1 nitrogen and oxygen atoms in total. The third-order valence-corrected chi connectivity index (χ3v) is 8.65. The van der Waals surface area contributed by atoms with Crippen LogP contribution in [0.5, 0.6) is 0 Å². The summed E-state index contributed by atoms with van der Waals surface area (Å²) in [5.41, 5.74) is 7.37. The van der Waals surface area contributed by atoms with Crippen molar-refractivity contribution in [2.75, 3.05) is 0 Å². The van der Waals surface area contributed by atoms with Gasteiger partial charge in [0.05, 0.1) is 11.0 Å². The van der Waals surface area contributed by atoms with Crippen molar-refractivity contribution in [2.45, 2.75) is 26.2 Å². The van der Waals surface area contributed by atoms with Crippen molar-refractivity contribution in [1.82, 2.24) is 4.57 Å². The summed E-state index contributed by atoms with van der Waals surface area (Å²) in [6.07, 6.45) is 0. The number of aromatic nitrogens is 1. The topological polar surface area (TPSA) is 4.93 Å². The van der Waals surface area contributed by atoms with Crippen molar-refractivity contribution >= 4 is 155 Å². The van der Waals surface area contributed by atoms with E-state index in [1.807, 2.05) is 30.3 Å². The number of hydrogen-bond acceptors (Lipinski definition) is 0. The van der Waals surface area contributed by atoms with Crippen LogP contribution in [-0.4, -0.2) is 83.0 Å². The molecule has 0 N–H and O–H groups in total. The Morgan fingerprint density at radius 3 is 1.36 bits per heavy atom. The SMILES string of the molecule is [B]c1c([B])c([B])c(-c2cc(-c3c([B])c([B])c([B])c([B])c3[B])cc(-n3c4ccccc4c4cccc(C(C)(C)C)c43)c2)c([B])c1[B]. The molecular weight excluding hydrogens is 531 g/mol. The highest BCUT2D eigenvalue weighted by molar-refractivity contribution is 6.70. The molecule has 6 rings (SSSR count). The molecule has 0 bridgehead atoms. The number of nitrogens with zero attached hydrogens (tertiary/aromatic N) is 1. The summed E-state index contributed by atoms with van der Waals surface area (Å²) in [5, 5.41) is 2.19. The summed E-state index contributed by atoms with van der Waals surface area (Å²) in [6.45, 7) is 6.57. The maximum atomic E-state index is 6.58. The van der Waals surface area contributed by atoms with Crippen LogP contribution in [0, 0.1) is 0 Å². The average Bonchev–Trinajstić information content (AvgIpc) is 3.35. The Hall–Kier alpha value is -3.45. The summed E-state index contributed by atoms with van der Waals surface area (Å²) in [5.74, 6) is 0. The van der Waals surface area contributed by atoms with E-state index in [9.17, 15) is 0 Å². The molecule has 0 aliphatic heterocycles. The van der Waals surface area contributed by atoms with Crippen LogP contribution in [0.15, 0.2) is 60.7 Å². The molecule has 1 heterocycles. The van der Waals surface area contributed by atoms with Gasteiger partial charge >= 0.3 is 0 Å². The van der Waals surface area contributed by atoms with Crippen LogP contribution in [-0.2, 0) is 5.41 Å². The fourth-order valence-electron chi connectivity index (χ4n) is 6.24. The van der Waals surface area contributed by atoms with E-state index in [-0.39, 0.29) is 60.0 Å². The quantitative estimate of drug-likeness (QED) is 0.213. The molecule has 11 heteroatoms. The van der Waals surface area contributed by atoms with Crippen LogP contribution < -0.4 is 54.6 Å². The molecule has 0 aliphatic carbocycles. The lowest BCUT2D eigenvalue weighted by Crippen LogP contribution is -2.55. The molecule has 0 atom stereocenters. The zero-order valence-corrected chi connectivity index (χ0v) is 25.5. The predicted molar refractivity (Wildman–Crippen MR) is 204 cm³/mol. The van der Waals surface area contributed by atoms with Gasteiger partial charge in [-0.15, -0.1) is 32.8 Å². The fourth-order valence-corrected chi connectivity index (χ4v) is 6.24. The van der Waals surface area contributed by atoms with E-state index in [4.69, 9.17) is 78.5 Å². The lowest BCUT2D eigenvalue weighted by atomic mass is 9.59. The molecule has 0 saturated carbocycles. The van der Waals surface area contributed by atoms with Gasteiger partial charge in [0.25, 0.3) is 0 Å². The van der Waals surface area contributed by atoms with Crippen molar-refractivity contribution in [3.8, 4) is 27.9 Å². The summed E-state index contributed by atoms with van der Waals surface area (Å²) in [6, 6.07) is 20.4. The maximum Gasteiger partial charge on any atom is 0.113 e. The van der Waals surface area contributed by atoms with Crippen LogP contribution in [0.3, 0.4) is 0 Å². The van der Waals surface area contributed by atoms with Crippen LogP contribution in [0.25, 0.3) is 49.7 Å². The van der Waals surface area contributed by atoms with Gasteiger partial charge in [-0.25, -0.2) is 0 Å². The normalized spacial score (nSPS) is 11.9.